The molecule has 2 aromatic rings. The van der Waals surface area contributed by atoms with Gasteiger partial charge in [0.2, 0.25) is 0 Å². The fraction of sp³-hybridized carbons (Fsp3) is 0.483. The molecule has 0 amide bonds. The van der Waals surface area contributed by atoms with Crippen molar-refractivity contribution in [3.8, 4) is 0 Å². The molecule has 210 valence electrons. The van der Waals surface area contributed by atoms with Gasteiger partial charge in [-0.2, -0.15) is 13.2 Å². The number of fused-ring (bicyclic) bond motifs is 1. The summed E-state index contributed by atoms with van der Waals surface area (Å²) in [5.41, 5.74) is 6.70. The standard InChI is InChI=1S/C29H37F3N6O/c1-18(2)22-7-9-24(10-8-22)35-28-27-25(36-26(37-28)17-38-15-19(3)39-20(4)16-38)13-21(14-34-27)12-23(6-5-11-33)29(30,31)32/h5-11,13,18-21H,12,14-17,33H2,1-4H3,(H,35,36,37)/b11-5-,23-6+/t19-,20+,21?. The Bertz CT molecular complexity index is 1310. The zero-order valence-electron chi connectivity index (χ0n) is 22.9. The highest BCUT2D eigenvalue weighted by molar-refractivity contribution is 5.57. The smallest absolute Gasteiger partial charge is 0.405 e. The Morgan fingerprint density at radius 2 is 1.85 bits per heavy atom. The van der Waals surface area contributed by atoms with Crippen LogP contribution < -0.4 is 21.8 Å². The van der Waals surface area contributed by atoms with Gasteiger partial charge in [0.25, 0.3) is 0 Å². The van der Waals surface area contributed by atoms with E-state index in [1.165, 1.54) is 11.6 Å². The lowest BCUT2D eigenvalue weighted by atomic mass is 9.96. The molecular formula is C29H37F3N6O. The van der Waals surface area contributed by atoms with Crippen LogP contribution >= 0.6 is 0 Å². The Kier molecular flexibility index (Phi) is 9.07. The van der Waals surface area contributed by atoms with Gasteiger partial charge >= 0.3 is 6.18 Å². The number of anilines is 2. The van der Waals surface area contributed by atoms with Crippen molar-refractivity contribution < 1.29 is 17.9 Å². The first kappa shape index (κ1) is 28.8. The van der Waals surface area contributed by atoms with Gasteiger partial charge < -0.3 is 15.8 Å². The number of nitrogens with two attached hydrogens (primary N) is 1. The summed E-state index contributed by atoms with van der Waals surface area (Å²) in [5, 5.41) is 4.48. The monoisotopic (exact) mass is 542 g/mol. The summed E-state index contributed by atoms with van der Waals surface area (Å²) in [6.45, 7) is 10.5. The second-order valence-electron chi connectivity index (χ2n) is 10.6. The Balaban J connectivity index is 1.69. The van der Waals surface area contributed by atoms with Gasteiger partial charge in [0, 0.05) is 36.8 Å². The van der Waals surface area contributed by atoms with E-state index < -0.39 is 17.7 Å². The fourth-order valence-corrected chi connectivity index (χ4v) is 4.99. The molecule has 3 atom stereocenters. The molecule has 1 saturated heterocycles. The second-order valence-corrected chi connectivity index (χ2v) is 10.6. The largest absolute Gasteiger partial charge is 0.412 e. The van der Waals surface area contributed by atoms with E-state index in [0.717, 1.165) is 31.1 Å². The van der Waals surface area contributed by atoms with E-state index in [1.54, 1.807) is 6.08 Å². The van der Waals surface area contributed by atoms with Crippen LogP contribution in [0.5, 0.6) is 0 Å². The minimum atomic E-state index is -4.46. The number of ether oxygens (including phenoxy) is 1. The van der Waals surface area contributed by atoms with Crippen LogP contribution in [0.1, 0.15) is 51.4 Å². The molecule has 1 aromatic heterocycles. The molecule has 39 heavy (non-hydrogen) atoms. The van der Waals surface area contributed by atoms with Crippen molar-refractivity contribution in [2.24, 2.45) is 16.6 Å². The molecule has 3 N–H and O–H groups in total. The van der Waals surface area contributed by atoms with Crippen molar-refractivity contribution in [3.63, 3.8) is 0 Å². The van der Waals surface area contributed by atoms with Gasteiger partial charge in [-0.15, -0.1) is 0 Å². The third-order valence-corrected chi connectivity index (χ3v) is 6.79. The van der Waals surface area contributed by atoms with Crippen molar-refractivity contribution >= 4 is 17.6 Å². The van der Waals surface area contributed by atoms with Gasteiger partial charge in [-0.3, -0.25) is 9.89 Å². The Morgan fingerprint density at radius 1 is 1.15 bits per heavy atom. The molecule has 1 aromatic carbocycles. The molecule has 0 saturated carbocycles. The number of halogens is 3. The molecule has 0 bridgehead atoms. The average Bonchev–Trinajstić information content (AvgIpc) is 2.85. The van der Waals surface area contributed by atoms with E-state index in [-0.39, 0.29) is 25.2 Å². The third kappa shape index (κ3) is 7.67. The van der Waals surface area contributed by atoms with Crippen LogP contribution in [0, 0.1) is 5.92 Å². The van der Waals surface area contributed by atoms with Crippen LogP contribution in [0.25, 0.3) is 6.08 Å². The first-order valence-electron chi connectivity index (χ1n) is 13.3. The molecule has 0 aliphatic carbocycles. The zero-order chi connectivity index (χ0) is 28.2. The molecule has 1 unspecified atom stereocenters. The molecule has 3 heterocycles. The van der Waals surface area contributed by atoms with Crippen LogP contribution in [0.3, 0.4) is 0 Å². The molecule has 1 fully saturated rings. The number of nitrogens with zero attached hydrogens (tertiary/aromatic N) is 4. The lowest BCUT2D eigenvalue weighted by Crippen LogP contribution is -2.46. The number of benzene rings is 1. The molecule has 4 rings (SSSR count). The van der Waals surface area contributed by atoms with Crippen LogP contribution in [-0.4, -0.2) is 52.9 Å². The highest BCUT2D eigenvalue weighted by Gasteiger charge is 2.34. The number of aromatic nitrogens is 2. The first-order chi connectivity index (χ1) is 18.5. The maximum Gasteiger partial charge on any atom is 0.412 e. The number of hydrogen-bond acceptors (Lipinski definition) is 7. The van der Waals surface area contributed by atoms with Gasteiger partial charge in [-0.05, 0) is 56.2 Å². The zero-order valence-corrected chi connectivity index (χ0v) is 22.9. The Labute approximate surface area is 227 Å². The predicted molar refractivity (Wildman–Crippen MR) is 147 cm³/mol. The molecule has 0 radical (unpaired) electrons. The van der Waals surface area contributed by atoms with Crippen LogP contribution in [0.2, 0.25) is 0 Å². The second kappa shape index (κ2) is 12.3. The normalized spacial score (nSPS) is 22.5. The van der Waals surface area contributed by atoms with Crippen molar-refractivity contribution in [2.45, 2.75) is 65.0 Å². The lowest BCUT2D eigenvalue weighted by Gasteiger charge is -2.34. The van der Waals surface area contributed by atoms with Gasteiger partial charge in [-0.1, -0.05) is 38.1 Å². The van der Waals surface area contributed by atoms with Crippen molar-refractivity contribution in [3.05, 3.63) is 70.3 Å². The maximum absolute atomic E-state index is 13.6. The summed E-state index contributed by atoms with van der Waals surface area (Å²) in [7, 11) is 0. The number of nitrogens with one attached hydrogen (secondary N) is 1. The maximum atomic E-state index is 13.6. The average molecular weight is 543 g/mol. The summed E-state index contributed by atoms with van der Waals surface area (Å²) in [5.74, 6) is 1.09. The molecule has 7 nitrogen and oxygen atoms in total. The van der Waals surface area contributed by atoms with E-state index in [4.69, 9.17) is 20.4 Å². The topological polar surface area (TPSA) is 88.7 Å². The number of hydrogen-bond donors (Lipinski definition) is 2. The highest BCUT2D eigenvalue weighted by atomic mass is 19.4. The van der Waals surface area contributed by atoms with E-state index in [9.17, 15) is 13.2 Å². The van der Waals surface area contributed by atoms with Crippen LogP contribution in [-0.2, 0) is 11.3 Å². The number of rotatable bonds is 8. The van der Waals surface area contributed by atoms with Gasteiger partial charge in [-0.25, -0.2) is 9.97 Å². The molecular weight excluding hydrogens is 505 g/mol. The van der Waals surface area contributed by atoms with Gasteiger partial charge in [0.15, 0.2) is 5.82 Å². The van der Waals surface area contributed by atoms with Crippen molar-refractivity contribution in [2.75, 3.05) is 25.0 Å². The lowest BCUT2D eigenvalue weighted by molar-refractivity contribution is -0.0946. The van der Waals surface area contributed by atoms with Crippen LogP contribution in [0.4, 0.5) is 24.7 Å². The summed E-state index contributed by atoms with van der Waals surface area (Å²) in [6, 6.07) is 8.13. The summed E-state index contributed by atoms with van der Waals surface area (Å²) < 4.78 is 46.7. The molecule has 10 heteroatoms. The molecule has 2 aliphatic rings. The molecule has 0 spiro atoms. The van der Waals surface area contributed by atoms with Crippen molar-refractivity contribution in [1.29, 1.82) is 0 Å². The highest BCUT2D eigenvalue weighted by Crippen LogP contribution is 2.31. The summed E-state index contributed by atoms with van der Waals surface area (Å²) in [4.78, 5) is 16.5. The minimum Gasteiger partial charge on any atom is -0.405 e. The van der Waals surface area contributed by atoms with Crippen LogP contribution in [0.15, 0.2) is 53.2 Å². The first-order valence-corrected chi connectivity index (χ1v) is 13.3. The fourth-order valence-electron chi connectivity index (χ4n) is 4.99. The SMILES string of the molecule is CC(C)c1ccc(Nc2nc(CN3C[C@@H](C)O[C@@H](C)C3)nc3c2=NCC(C/C(=C\C=C/N)C(F)(F)F)C=3)cc1. The quantitative estimate of drug-likeness (QED) is 0.483. The van der Waals surface area contributed by atoms with E-state index >= 15 is 0 Å². The van der Waals surface area contributed by atoms with Crippen molar-refractivity contribution in [1.82, 2.24) is 14.9 Å². The summed E-state index contributed by atoms with van der Waals surface area (Å²) in [6.07, 6.45) is 0.605. The van der Waals surface area contributed by atoms with Gasteiger partial charge in [0.1, 0.15) is 11.2 Å². The third-order valence-electron chi connectivity index (χ3n) is 6.79. The molecule has 2 aliphatic heterocycles. The number of alkyl halides is 3. The Morgan fingerprint density at radius 3 is 2.46 bits per heavy atom. The van der Waals surface area contributed by atoms with E-state index in [1.807, 2.05) is 26.0 Å². The number of allylic oxidation sites excluding steroid dienone is 3. The van der Waals surface area contributed by atoms with E-state index in [0.29, 0.717) is 34.8 Å². The van der Waals surface area contributed by atoms with Gasteiger partial charge in [0.05, 0.1) is 24.1 Å². The minimum absolute atomic E-state index is 0.0875. The van der Waals surface area contributed by atoms with E-state index in [2.05, 4.69) is 41.2 Å². The predicted octanol–water partition coefficient (Wildman–Crippen LogP) is 4.33. The Hall–Kier alpha value is -3.24. The number of morpholine rings is 1. The summed E-state index contributed by atoms with van der Waals surface area (Å²) >= 11 is 0.